The van der Waals surface area contributed by atoms with E-state index in [9.17, 15) is 5.26 Å². The maximum absolute atomic E-state index is 9.59. The molecule has 1 fully saturated rings. The van der Waals surface area contributed by atoms with Crippen LogP contribution in [0.5, 0.6) is 0 Å². The van der Waals surface area contributed by atoms with E-state index in [4.69, 9.17) is 4.74 Å². The zero-order valence-electron chi connectivity index (χ0n) is 13.6. The summed E-state index contributed by atoms with van der Waals surface area (Å²) in [5.74, 6) is 0.483. The van der Waals surface area contributed by atoms with Crippen molar-refractivity contribution in [2.45, 2.75) is 58.0 Å². The van der Waals surface area contributed by atoms with E-state index in [1.165, 1.54) is 12.8 Å². The van der Waals surface area contributed by atoms with Gasteiger partial charge in [-0.2, -0.15) is 5.26 Å². The number of methoxy groups -OCH3 is 1. The molecule has 0 saturated heterocycles. The summed E-state index contributed by atoms with van der Waals surface area (Å²) in [5.41, 5.74) is -0.279. The molecule has 1 rings (SSSR count). The third kappa shape index (κ3) is 4.44. The predicted octanol–water partition coefficient (Wildman–Crippen LogP) is 2.41. The van der Waals surface area contributed by atoms with E-state index in [0.29, 0.717) is 12.0 Å². The largest absolute Gasteiger partial charge is 0.383 e. The average molecular weight is 281 g/mol. The van der Waals surface area contributed by atoms with Crippen LogP contribution in [0.15, 0.2) is 0 Å². The highest BCUT2D eigenvalue weighted by molar-refractivity contribution is 5.14. The number of nitrogens with one attached hydrogen (secondary N) is 1. The van der Waals surface area contributed by atoms with Crippen LogP contribution >= 0.6 is 0 Å². The fourth-order valence-electron chi connectivity index (χ4n) is 3.36. The van der Waals surface area contributed by atoms with Crippen LogP contribution in [-0.4, -0.2) is 49.8 Å². The Morgan fingerprint density at radius 1 is 1.45 bits per heavy atom. The fourth-order valence-corrected chi connectivity index (χ4v) is 3.36. The highest BCUT2D eigenvalue weighted by atomic mass is 16.5. The molecule has 116 valence electrons. The molecule has 0 aliphatic heterocycles. The normalized spacial score (nSPS) is 26.4. The number of rotatable bonds is 9. The summed E-state index contributed by atoms with van der Waals surface area (Å²) in [7, 11) is 1.75. The quantitative estimate of drug-likeness (QED) is 0.705. The van der Waals surface area contributed by atoms with Gasteiger partial charge in [0.15, 0.2) is 0 Å². The van der Waals surface area contributed by atoms with Gasteiger partial charge in [0.05, 0.1) is 12.7 Å². The fraction of sp³-hybridized carbons (Fsp3) is 0.938. The zero-order chi connectivity index (χ0) is 15.0. The van der Waals surface area contributed by atoms with Crippen LogP contribution in [0, 0.1) is 17.2 Å². The zero-order valence-corrected chi connectivity index (χ0v) is 13.6. The Morgan fingerprint density at radius 3 is 2.75 bits per heavy atom. The second kappa shape index (κ2) is 8.61. The van der Waals surface area contributed by atoms with E-state index in [0.717, 1.165) is 39.1 Å². The van der Waals surface area contributed by atoms with E-state index in [1.54, 1.807) is 7.11 Å². The van der Waals surface area contributed by atoms with Gasteiger partial charge in [-0.1, -0.05) is 13.3 Å². The molecule has 20 heavy (non-hydrogen) atoms. The molecule has 2 atom stereocenters. The predicted molar refractivity (Wildman–Crippen MR) is 82.6 cm³/mol. The van der Waals surface area contributed by atoms with Crippen LogP contribution in [0.1, 0.15) is 46.5 Å². The van der Waals surface area contributed by atoms with Gasteiger partial charge in [0.25, 0.3) is 0 Å². The molecule has 2 unspecified atom stereocenters. The molecule has 0 radical (unpaired) electrons. The molecule has 1 aliphatic carbocycles. The lowest BCUT2D eigenvalue weighted by atomic mass is 9.85. The Balaban J connectivity index is 2.55. The molecule has 1 saturated carbocycles. The molecule has 0 bridgehead atoms. The third-order valence-corrected chi connectivity index (χ3v) is 4.59. The molecule has 0 aromatic rings. The number of hydrogen-bond donors (Lipinski definition) is 1. The summed E-state index contributed by atoms with van der Waals surface area (Å²) in [6, 6.07) is 3.10. The maximum atomic E-state index is 9.59. The van der Waals surface area contributed by atoms with E-state index < -0.39 is 0 Å². The second-order valence-corrected chi connectivity index (χ2v) is 6.11. The molecule has 0 amide bonds. The molecule has 1 aliphatic rings. The van der Waals surface area contributed by atoms with Crippen molar-refractivity contribution in [3.63, 3.8) is 0 Å². The van der Waals surface area contributed by atoms with Gasteiger partial charge in [-0.15, -0.1) is 0 Å². The highest BCUT2D eigenvalue weighted by Crippen LogP contribution is 2.37. The van der Waals surface area contributed by atoms with Crippen LogP contribution in [0.2, 0.25) is 0 Å². The van der Waals surface area contributed by atoms with Crippen molar-refractivity contribution in [3.8, 4) is 6.07 Å². The summed E-state index contributed by atoms with van der Waals surface area (Å²) in [4.78, 5) is 2.45. The van der Waals surface area contributed by atoms with Gasteiger partial charge < -0.3 is 4.74 Å². The molecule has 0 spiro atoms. The van der Waals surface area contributed by atoms with Crippen LogP contribution in [-0.2, 0) is 4.74 Å². The van der Waals surface area contributed by atoms with E-state index >= 15 is 0 Å². The Morgan fingerprint density at radius 2 is 2.20 bits per heavy atom. The molecule has 4 heteroatoms. The minimum Gasteiger partial charge on any atom is -0.383 e. The number of ether oxygens (including phenoxy) is 1. The average Bonchev–Trinajstić information content (AvgIpc) is 2.82. The van der Waals surface area contributed by atoms with Gasteiger partial charge in [-0.3, -0.25) is 10.2 Å². The maximum Gasteiger partial charge on any atom is 0.109 e. The number of hydrogen-bond acceptors (Lipinski definition) is 4. The summed E-state index contributed by atoms with van der Waals surface area (Å²) in [6.07, 6.45) is 4.45. The lowest BCUT2D eigenvalue weighted by Gasteiger charge is -2.33. The van der Waals surface area contributed by atoms with Crippen molar-refractivity contribution in [2.75, 3.05) is 33.4 Å². The van der Waals surface area contributed by atoms with Crippen LogP contribution in [0.3, 0.4) is 0 Å². The SMILES string of the molecule is CCNC1(C#N)CCCC1CCN(CCOC)C(C)C. The minimum absolute atomic E-state index is 0.279. The molecule has 0 aromatic carbocycles. The van der Waals surface area contributed by atoms with Crippen molar-refractivity contribution in [2.24, 2.45) is 5.92 Å². The Bertz CT molecular complexity index is 313. The third-order valence-electron chi connectivity index (χ3n) is 4.59. The van der Waals surface area contributed by atoms with Crippen LogP contribution in [0.25, 0.3) is 0 Å². The summed E-state index contributed by atoms with van der Waals surface area (Å²) in [5, 5.41) is 13.0. The lowest BCUT2D eigenvalue weighted by Crippen LogP contribution is -2.48. The summed E-state index contributed by atoms with van der Waals surface area (Å²) < 4.78 is 5.19. The number of nitrogens with zero attached hydrogens (tertiary/aromatic N) is 2. The van der Waals surface area contributed by atoms with Crippen molar-refractivity contribution in [3.05, 3.63) is 0 Å². The topological polar surface area (TPSA) is 48.3 Å². The van der Waals surface area contributed by atoms with Gasteiger partial charge in [0.2, 0.25) is 0 Å². The van der Waals surface area contributed by atoms with Gasteiger partial charge in [0, 0.05) is 19.7 Å². The highest BCUT2D eigenvalue weighted by Gasteiger charge is 2.42. The van der Waals surface area contributed by atoms with Gasteiger partial charge in [0.1, 0.15) is 5.54 Å². The van der Waals surface area contributed by atoms with Gasteiger partial charge in [-0.05, 0) is 52.1 Å². The standard InChI is InChI=1S/C16H31N3O/c1-5-18-16(13-17)9-6-7-15(16)8-10-19(14(2)3)11-12-20-4/h14-15,18H,5-12H2,1-4H3. The van der Waals surface area contributed by atoms with Crippen molar-refractivity contribution in [1.82, 2.24) is 10.2 Å². The van der Waals surface area contributed by atoms with E-state index in [1.807, 2.05) is 0 Å². The van der Waals surface area contributed by atoms with Gasteiger partial charge >= 0.3 is 0 Å². The summed E-state index contributed by atoms with van der Waals surface area (Å²) in [6.45, 7) is 10.2. The Kier molecular flexibility index (Phi) is 7.50. The van der Waals surface area contributed by atoms with Crippen molar-refractivity contribution < 1.29 is 4.74 Å². The van der Waals surface area contributed by atoms with Crippen molar-refractivity contribution >= 4 is 0 Å². The lowest BCUT2D eigenvalue weighted by molar-refractivity contribution is 0.121. The van der Waals surface area contributed by atoms with Gasteiger partial charge in [-0.25, -0.2) is 0 Å². The van der Waals surface area contributed by atoms with Crippen LogP contribution in [0.4, 0.5) is 0 Å². The Hall–Kier alpha value is -0.630. The monoisotopic (exact) mass is 281 g/mol. The molecule has 0 aromatic heterocycles. The van der Waals surface area contributed by atoms with E-state index in [-0.39, 0.29) is 5.54 Å². The number of nitriles is 1. The van der Waals surface area contributed by atoms with Crippen molar-refractivity contribution in [1.29, 1.82) is 5.26 Å². The first-order chi connectivity index (χ1) is 9.59. The minimum atomic E-state index is -0.279. The van der Waals surface area contributed by atoms with Crippen LogP contribution < -0.4 is 5.32 Å². The molecular weight excluding hydrogens is 250 g/mol. The molecular formula is C16H31N3O. The van der Waals surface area contributed by atoms with E-state index in [2.05, 4.69) is 37.1 Å². The Labute approximate surface area is 124 Å². The molecule has 0 heterocycles. The first-order valence-electron chi connectivity index (χ1n) is 7.99. The second-order valence-electron chi connectivity index (χ2n) is 6.11. The smallest absolute Gasteiger partial charge is 0.109 e. The summed E-state index contributed by atoms with van der Waals surface area (Å²) >= 11 is 0. The first-order valence-corrected chi connectivity index (χ1v) is 7.99. The molecule has 1 N–H and O–H groups in total. The first kappa shape index (κ1) is 17.4. The molecule has 4 nitrogen and oxygen atoms in total.